The monoisotopic (exact) mass is 523 g/mol. The van der Waals surface area contributed by atoms with Gasteiger partial charge in [0.05, 0.1) is 23.8 Å². The molecule has 4 heterocycles. The van der Waals surface area contributed by atoms with Crippen molar-refractivity contribution in [2.75, 3.05) is 6.61 Å². The van der Waals surface area contributed by atoms with Gasteiger partial charge in [-0.1, -0.05) is 18.2 Å². The van der Waals surface area contributed by atoms with Gasteiger partial charge in [0, 0.05) is 23.0 Å². The van der Waals surface area contributed by atoms with Crippen molar-refractivity contribution in [1.29, 1.82) is 0 Å². The topological polar surface area (TPSA) is 90.2 Å². The van der Waals surface area contributed by atoms with Crippen LogP contribution in [-0.2, 0) is 9.53 Å². The molecular weight excluding hydrogens is 494 g/mol. The number of allylic oxidation sites excluding steroid dienone is 1. The number of carbonyl (C=O) groups excluding carboxylic acids is 2. The zero-order valence-corrected chi connectivity index (χ0v) is 21.9. The molecule has 0 saturated heterocycles. The Hall–Kier alpha value is -4.59. The van der Waals surface area contributed by atoms with E-state index in [2.05, 4.69) is 0 Å². The van der Waals surface area contributed by atoms with Gasteiger partial charge in [0.1, 0.15) is 17.6 Å². The molecule has 0 bridgehead atoms. The van der Waals surface area contributed by atoms with Crippen molar-refractivity contribution in [3.8, 4) is 5.69 Å². The summed E-state index contributed by atoms with van der Waals surface area (Å²) in [5.41, 5.74) is 4.93. The quantitative estimate of drug-likeness (QED) is 0.278. The molecule has 39 heavy (non-hydrogen) atoms. The van der Waals surface area contributed by atoms with Gasteiger partial charge in [0.2, 0.25) is 0 Å². The van der Waals surface area contributed by atoms with Crippen LogP contribution in [0, 0.1) is 19.8 Å². The molecule has 8 heteroatoms. The lowest BCUT2D eigenvalue weighted by Gasteiger charge is -2.27. The summed E-state index contributed by atoms with van der Waals surface area (Å²) in [5.74, 6) is 0.436. The molecular formula is C31H29N3O5. The first-order chi connectivity index (χ1) is 19.0. The molecule has 2 atom stereocenters. The Balaban J connectivity index is 1.24. The van der Waals surface area contributed by atoms with Gasteiger partial charge >= 0.3 is 5.97 Å². The molecule has 8 nitrogen and oxygen atoms in total. The number of rotatable bonds is 6. The van der Waals surface area contributed by atoms with Crippen LogP contribution in [0.4, 0.5) is 0 Å². The number of hydrazone groups is 1. The lowest BCUT2D eigenvalue weighted by molar-refractivity contribution is -0.137. The number of benzene rings is 1. The predicted molar refractivity (Wildman–Crippen MR) is 145 cm³/mol. The average molecular weight is 524 g/mol. The van der Waals surface area contributed by atoms with E-state index in [0.717, 1.165) is 53.4 Å². The number of ether oxygens (including phenoxy) is 1. The molecule has 1 fully saturated rings. The zero-order valence-electron chi connectivity index (χ0n) is 21.9. The zero-order chi connectivity index (χ0) is 26.9. The number of hydrogen-bond donors (Lipinski definition) is 0. The molecule has 1 saturated carbocycles. The van der Waals surface area contributed by atoms with E-state index in [1.807, 2.05) is 73.0 Å². The molecule has 1 aliphatic heterocycles. The molecule has 1 amide bonds. The van der Waals surface area contributed by atoms with Crippen LogP contribution in [0.2, 0.25) is 0 Å². The highest BCUT2D eigenvalue weighted by atomic mass is 16.5. The second-order valence-corrected chi connectivity index (χ2v) is 9.90. The fourth-order valence-electron chi connectivity index (χ4n) is 5.71. The fourth-order valence-corrected chi connectivity index (χ4v) is 5.71. The predicted octanol–water partition coefficient (Wildman–Crippen LogP) is 6.26. The van der Waals surface area contributed by atoms with Crippen molar-refractivity contribution < 1.29 is 23.2 Å². The lowest BCUT2D eigenvalue weighted by atomic mass is 9.79. The Morgan fingerprint density at radius 1 is 1.05 bits per heavy atom. The number of nitrogens with zero attached hydrogens (tertiary/aromatic N) is 3. The summed E-state index contributed by atoms with van der Waals surface area (Å²) < 4.78 is 18.8. The van der Waals surface area contributed by atoms with E-state index < -0.39 is 24.5 Å². The first kappa shape index (κ1) is 24.7. The third kappa shape index (κ3) is 4.63. The fraction of sp³-hybridized carbons (Fsp3) is 0.258. The van der Waals surface area contributed by atoms with Gasteiger partial charge in [-0.2, -0.15) is 5.10 Å². The first-order valence-corrected chi connectivity index (χ1v) is 13.1. The first-order valence-electron chi connectivity index (χ1n) is 13.1. The number of furan rings is 2. The smallest absolute Gasteiger partial charge is 0.340 e. The van der Waals surface area contributed by atoms with Gasteiger partial charge in [-0.05, 0) is 87.2 Å². The van der Waals surface area contributed by atoms with Crippen LogP contribution in [0.3, 0.4) is 0 Å². The van der Waals surface area contributed by atoms with Crippen LogP contribution >= 0.6 is 0 Å². The number of hydrogen-bond acceptors (Lipinski definition) is 6. The van der Waals surface area contributed by atoms with Gasteiger partial charge in [-0.25, -0.2) is 9.80 Å². The number of esters is 1. The second-order valence-electron chi connectivity index (χ2n) is 9.90. The summed E-state index contributed by atoms with van der Waals surface area (Å²) in [6.07, 6.45) is 7.89. The molecule has 1 aromatic carbocycles. The Morgan fingerprint density at radius 2 is 1.85 bits per heavy atom. The summed E-state index contributed by atoms with van der Waals surface area (Å²) in [6, 6.07) is 18.6. The number of aryl methyl sites for hydroxylation is 1. The van der Waals surface area contributed by atoms with E-state index in [-0.39, 0.29) is 5.92 Å². The third-order valence-corrected chi connectivity index (χ3v) is 7.44. The van der Waals surface area contributed by atoms with E-state index in [1.165, 1.54) is 5.01 Å². The molecule has 2 aliphatic rings. The maximum absolute atomic E-state index is 13.5. The Kier molecular flexibility index (Phi) is 6.52. The van der Waals surface area contributed by atoms with E-state index in [1.54, 1.807) is 24.7 Å². The van der Waals surface area contributed by atoms with Gasteiger partial charge in [0.15, 0.2) is 6.61 Å². The average Bonchev–Trinajstić information content (AvgIpc) is 3.75. The van der Waals surface area contributed by atoms with Gasteiger partial charge in [-0.15, -0.1) is 0 Å². The van der Waals surface area contributed by atoms with E-state index in [0.29, 0.717) is 11.3 Å². The van der Waals surface area contributed by atoms with Crippen molar-refractivity contribution in [1.82, 2.24) is 9.58 Å². The largest absolute Gasteiger partial charge is 0.467 e. The van der Waals surface area contributed by atoms with E-state index in [4.69, 9.17) is 18.7 Å². The van der Waals surface area contributed by atoms with Crippen molar-refractivity contribution in [2.45, 2.75) is 39.2 Å². The standard InChI is InChI=1S/C31H29N3O5/c1-20-17-26(21(2)33(20)23-10-4-3-5-11-23)31(36)39-19-28(35)34-30(27-14-8-16-38-27)25-13-6-9-22(29(25)32-34)18-24-12-7-15-37-24/h3-5,7-8,10-12,14-18,25,30H,6,9,13,19H2,1-2H3. The molecule has 198 valence electrons. The minimum Gasteiger partial charge on any atom is -0.467 e. The Morgan fingerprint density at radius 3 is 2.59 bits per heavy atom. The summed E-state index contributed by atoms with van der Waals surface area (Å²) in [7, 11) is 0. The van der Waals surface area contributed by atoms with Crippen molar-refractivity contribution >= 4 is 23.7 Å². The summed E-state index contributed by atoms with van der Waals surface area (Å²) in [4.78, 5) is 26.6. The third-order valence-electron chi connectivity index (χ3n) is 7.44. The molecule has 1 aliphatic carbocycles. The van der Waals surface area contributed by atoms with Crippen molar-refractivity contribution in [3.63, 3.8) is 0 Å². The Labute approximate surface area is 226 Å². The summed E-state index contributed by atoms with van der Waals surface area (Å²) in [5, 5.41) is 6.20. The summed E-state index contributed by atoms with van der Waals surface area (Å²) in [6.45, 7) is 3.38. The Bertz CT molecular complexity index is 1540. The highest BCUT2D eigenvalue weighted by molar-refractivity contribution is 6.08. The van der Waals surface area contributed by atoms with Crippen molar-refractivity contribution in [2.24, 2.45) is 11.0 Å². The highest BCUT2D eigenvalue weighted by Crippen LogP contribution is 2.44. The second kappa shape index (κ2) is 10.3. The maximum atomic E-state index is 13.5. The SMILES string of the molecule is Cc1cc(C(=O)OCC(=O)N2N=C3C(=Cc4ccco4)CCCC3C2c2ccco2)c(C)n1-c1ccccc1. The van der Waals surface area contributed by atoms with Crippen LogP contribution in [0.5, 0.6) is 0 Å². The van der Waals surface area contributed by atoms with Crippen LogP contribution in [-0.4, -0.2) is 33.8 Å². The number of amides is 1. The highest BCUT2D eigenvalue weighted by Gasteiger charge is 2.45. The number of carbonyl (C=O) groups is 2. The van der Waals surface area contributed by atoms with Crippen LogP contribution < -0.4 is 0 Å². The van der Waals surface area contributed by atoms with E-state index >= 15 is 0 Å². The molecule has 0 N–H and O–H groups in total. The van der Waals surface area contributed by atoms with Crippen molar-refractivity contribution in [3.05, 3.63) is 107 Å². The van der Waals surface area contributed by atoms with Gasteiger partial charge in [0.25, 0.3) is 5.91 Å². The van der Waals surface area contributed by atoms with Crippen LogP contribution in [0.15, 0.2) is 92.7 Å². The maximum Gasteiger partial charge on any atom is 0.340 e. The molecule has 6 rings (SSSR count). The number of para-hydroxylation sites is 1. The summed E-state index contributed by atoms with van der Waals surface area (Å²) >= 11 is 0. The normalized spacial score (nSPS) is 19.7. The molecule has 4 aromatic rings. The van der Waals surface area contributed by atoms with Crippen LogP contribution in [0.1, 0.15) is 58.6 Å². The number of fused-ring (bicyclic) bond motifs is 1. The molecule has 3 aromatic heterocycles. The van der Waals surface area contributed by atoms with Gasteiger partial charge < -0.3 is 18.1 Å². The van der Waals surface area contributed by atoms with Gasteiger partial charge in [-0.3, -0.25) is 4.79 Å². The molecule has 2 unspecified atom stereocenters. The number of aromatic nitrogens is 1. The minimum absolute atomic E-state index is 0.0180. The lowest BCUT2D eigenvalue weighted by Crippen LogP contribution is -2.34. The van der Waals surface area contributed by atoms with E-state index in [9.17, 15) is 9.59 Å². The molecule has 0 spiro atoms. The molecule has 0 radical (unpaired) electrons. The van der Waals surface area contributed by atoms with Crippen LogP contribution in [0.25, 0.3) is 11.8 Å². The minimum atomic E-state index is -0.546.